The van der Waals surface area contributed by atoms with Crippen molar-refractivity contribution in [2.24, 2.45) is 0 Å². The van der Waals surface area contributed by atoms with Crippen LogP contribution in [0.5, 0.6) is 0 Å². The molecule has 0 saturated carbocycles. The first-order valence-electron chi connectivity index (χ1n) is 4.54. The molecule has 0 unspecified atom stereocenters. The fourth-order valence-electron chi connectivity index (χ4n) is 1.26. The smallest absolute Gasteiger partial charge is 0.358 e. The first-order chi connectivity index (χ1) is 8.06. The highest BCUT2D eigenvalue weighted by Gasteiger charge is 2.19. The highest BCUT2D eigenvalue weighted by molar-refractivity contribution is 9.10. The van der Waals surface area contributed by atoms with E-state index in [1.807, 2.05) is 6.07 Å². The van der Waals surface area contributed by atoms with Crippen LogP contribution in [-0.4, -0.2) is 19.7 Å². The molecule has 0 aromatic carbocycles. The van der Waals surface area contributed by atoms with E-state index >= 15 is 0 Å². The molecule has 0 amide bonds. The Hall–Kier alpha value is -1.47. The second-order valence-corrected chi connectivity index (χ2v) is 4.55. The number of rotatable bonds is 3. The molecule has 0 aliphatic carbocycles. The van der Waals surface area contributed by atoms with Crippen LogP contribution < -0.4 is 0 Å². The molecule has 2 heterocycles. The van der Waals surface area contributed by atoms with E-state index in [1.54, 1.807) is 12.3 Å². The number of halogens is 2. The van der Waals surface area contributed by atoms with Crippen LogP contribution in [0.3, 0.4) is 0 Å². The van der Waals surface area contributed by atoms with Gasteiger partial charge in [-0.1, -0.05) is 11.6 Å². The van der Waals surface area contributed by atoms with Crippen molar-refractivity contribution >= 4 is 33.3 Å². The van der Waals surface area contributed by atoms with Crippen LogP contribution in [0, 0.1) is 10.1 Å². The summed E-state index contributed by atoms with van der Waals surface area (Å²) < 4.78 is 2.25. The standard InChI is InChI=1S/C9H6BrClN4O2/c10-6-1-2-7(12-3-6)4-14-5-8(11)9(13-14)15(16)17/h1-3,5H,4H2. The van der Waals surface area contributed by atoms with Crippen LogP contribution >= 0.6 is 27.5 Å². The van der Waals surface area contributed by atoms with Gasteiger partial charge >= 0.3 is 5.82 Å². The van der Waals surface area contributed by atoms with E-state index < -0.39 is 4.92 Å². The summed E-state index contributed by atoms with van der Waals surface area (Å²) >= 11 is 8.95. The predicted molar refractivity (Wildman–Crippen MR) is 64.9 cm³/mol. The maximum atomic E-state index is 10.6. The van der Waals surface area contributed by atoms with Crippen LogP contribution in [0.25, 0.3) is 0 Å². The zero-order valence-corrected chi connectivity index (χ0v) is 10.7. The zero-order valence-electron chi connectivity index (χ0n) is 8.38. The quantitative estimate of drug-likeness (QED) is 0.644. The molecule has 0 aliphatic rings. The molecule has 0 bridgehead atoms. The van der Waals surface area contributed by atoms with Gasteiger partial charge in [0.15, 0.2) is 5.02 Å². The monoisotopic (exact) mass is 316 g/mol. The van der Waals surface area contributed by atoms with Gasteiger partial charge in [0.25, 0.3) is 0 Å². The van der Waals surface area contributed by atoms with Gasteiger partial charge < -0.3 is 10.1 Å². The van der Waals surface area contributed by atoms with Gasteiger partial charge in [-0.3, -0.25) is 4.98 Å². The highest BCUT2D eigenvalue weighted by Crippen LogP contribution is 2.21. The number of aromatic nitrogens is 3. The summed E-state index contributed by atoms with van der Waals surface area (Å²) in [6.07, 6.45) is 3.05. The Morgan fingerprint density at radius 2 is 2.29 bits per heavy atom. The van der Waals surface area contributed by atoms with E-state index in [1.165, 1.54) is 10.9 Å². The molecule has 0 fully saturated rings. The van der Waals surface area contributed by atoms with Crippen LogP contribution in [0.2, 0.25) is 5.02 Å². The number of nitrogens with zero attached hydrogens (tertiary/aromatic N) is 4. The van der Waals surface area contributed by atoms with E-state index in [2.05, 4.69) is 26.0 Å². The highest BCUT2D eigenvalue weighted by atomic mass is 79.9. The Kier molecular flexibility index (Phi) is 3.39. The fraction of sp³-hybridized carbons (Fsp3) is 0.111. The van der Waals surface area contributed by atoms with Gasteiger partial charge in [-0.15, -0.1) is 0 Å². The summed E-state index contributed by atoms with van der Waals surface area (Å²) in [7, 11) is 0. The van der Waals surface area contributed by atoms with Gasteiger partial charge in [-0.05, 0) is 33.0 Å². The van der Waals surface area contributed by atoms with Crippen molar-refractivity contribution in [2.75, 3.05) is 0 Å². The molecule has 0 N–H and O–H groups in total. The van der Waals surface area contributed by atoms with Gasteiger partial charge in [-0.2, -0.15) is 4.68 Å². The van der Waals surface area contributed by atoms with Gasteiger partial charge in [0.05, 0.1) is 17.0 Å². The molecule has 0 radical (unpaired) electrons. The molecular weight excluding hydrogens is 311 g/mol. The SMILES string of the molecule is O=[N+]([O-])c1nn(Cc2ccc(Br)cn2)cc1Cl. The first-order valence-corrected chi connectivity index (χ1v) is 5.71. The molecule has 2 rings (SSSR count). The predicted octanol–water partition coefficient (Wildman–Crippen LogP) is 2.65. The molecule has 0 aliphatic heterocycles. The maximum Gasteiger partial charge on any atom is 0.408 e. The van der Waals surface area contributed by atoms with Crippen LogP contribution in [0.15, 0.2) is 29.0 Å². The van der Waals surface area contributed by atoms with Crippen molar-refractivity contribution < 1.29 is 4.92 Å². The Balaban J connectivity index is 2.22. The van der Waals surface area contributed by atoms with Crippen LogP contribution in [-0.2, 0) is 6.54 Å². The minimum absolute atomic E-state index is 0.0205. The lowest BCUT2D eigenvalue weighted by atomic mass is 10.3. The molecular formula is C9H6BrClN4O2. The molecule has 2 aromatic heterocycles. The Morgan fingerprint density at radius 3 is 2.82 bits per heavy atom. The van der Waals surface area contributed by atoms with E-state index in [0.29, 0.717) is 6.54 Å². The molecule has 0 spiro atoms. The largest absolute Gasteiger partial charge is 0.408 e. The minimum atomic E-state index is -0.617. The number of hydrogen-bond acceptors (Lipinski definition) is 4. The van der Waals surface area contributed by atoms with Gasteiger partial charge in [-0.25, -0.2) is 0 Å². The van der Waals surface area contributed by atoms with Crippen molar-refractivity contribution in [1.29, 1.82) is 0 Å². The topological polar surface area (TPSA) is 73.8 Å². The van der Waals surface area contributed by atoms with Gasteiger partial charge in [0.2, 0.25) is 0 Å². The van der Waals surface area contributed by atoms with E-state index in [0.717, 1.165) is 10.2 Å². The summed E-state index contributed by atoms with van der Waals surface area (Å²) in [6.45, 7) is 0.334. The summed E-state index contributed by atoms with van der Waals surface area (Å²) in [5.41, 5.74) is 0.738. The maximum absolute atomic E-state index is 10.6. The van der Waals surface area contributed by atoms with Crippen molar-refractivity contribution in [3.63, 3.8) is 0 Å². The van der Waals surface area contributed by atoms with E-state index in [4.69, 9.17) is 11.6 Å². The Labute approximate surface area is 110 Å². The zero-order chi connectivity index (χ0) is 12.4. The number of nitro groups is 1. The number of hydrogen-bond donors (Lipinski definition) is 0. The third-order valence-corrected chi connectivity index (χ3v) is 2.72. The molecule has 8 heteroatoms. The molecule has 2 aromatic rings. The third kappa shape index (κ3) is 2.80. The second-order valence-electron chi connectivity index (χ2n) is 3.22. The van der Waals surface area contributed by atoms with Crippen molar-refractivity contribution in [3.05, 3.63) is 49.8 Å². The van der Waals surface area contributed by atoms with E-state index in [-0.39, 0.29) is 10.8 Å². The average Bonchev–Trinajstić information content (AvgIpc) is 2.63. The Bertz CT molecular complexity index is 555. The van der Waals surface area contributed by atoms with E-state index in [9.17, 15) is 10.1 Å². The molecule has 88 valence electrons. The fourth-order valence-corrected chi connectivity index (χ4v) is 1.71. The van der Waals surface area contributed by atoms with Crippen LogP contribution in [0.4, 0.5) is 5.82 Å². The third-order valence-electron chi connectivity index (χ3n) is 1.98. The molecule has 0 atom stereocenters. The summed E-state index contributed by atoms with van der Waals surface area (Å²) in [5.74, 6) is -0.344. The lowest BCUT2D eigenvalue weighted by Crippen LogP contribution is -2.02. The van der Waals surface area contributed by atoms with Crippen molar-refractivity contribution in [2.45, 2.75) is 6.54 Å². The summed E-state index contributed by atoms with van der Waals surface area (Å²) in [5, 5.41) is 14.3. The average molecular weight is 318 g/mol. The molecule has 17 heavy (non-hydrogen) atoms. The molecule has 6 nitrogen and oxygen atoms in total. The van der Waals surface area contributed by atoms with Crippen molar-refractivity contribution in [3.8, 4) is 0 Å². The van der Waals surface area contributed by atoms with Gasteiger partial charge in [0, 0.05) is 10.7 Å². The normalized spacial score (nSPS) is 10.5. The lowest BCUT2D eigenvalue weighted by Gasteiger charge is -1.97. The van der Waals surface area contributed by atoms with Crippen LogP contribution in [0.1, 0.15) is 5.69 Å². The van der Waals surface area contributed by atoms with Gasteiger partial charge in [0.1, 0.15) is 6.54 Å². The molecule has 0 saturated heterocycles. The number of pyridine rings is 1. The minimum Gasteiger partial charge on any atom is -0.358 e. The first kappa shape index (κ1) is 12.0. The lowest BCUT2D eigenvalue weighted by molar-refractivity contribution is -0.389. The second kappa shape index (κ2) is 4.80. The summed E-state index contributed by atoms with van der Waals surface area (Å²) in [4.78, 5) is 14.1. The van der Waals surface area contributed by atoms with Crippen molar-refractivity contribution in [1.82, 2.24) is 14.8 Å². The summed E-state index contributed by atoms with van der Waals surface area (Å²) in [6, 6.07) is 3.63. The Morgan fingerprint density at radius 1 is 1.53 bits per heavy atom.